The fourth-order valence-electron chi connectivity index (χ4n) is 10.4. The molecule has 8 aliphatic carbocycles. The number of hydrogen-bond acceptors (Lipinski definition) is 2. The molecule has 0 spiro atoms. The summed E-state index contributed by atoms with van der Waals surface area (Å²) < 4.78 is 0. The zero-order valence-corrected chi connectivity index (χ0v) is 15.8. The van der Waals surface area contributed by atoms with Crippen molar-refractivity contribution in [3.63, 3.8) is 0 Å². The van der Waals surface area contributed by atoms with Gasteiger partial charge in [0.1, 0.15) is 0 Å². The van der Waals surface area contributed by atoms with Crippen molar-refractivity contribution >= 4 is 0 Å². The van der Waals surface area contributed by atoms with E-state index >= 15 is 0 Å². The predicted octanol–water partition coefficient (Wildman–Crippen LogP) is 4.10. The highest BCUT2D eigenvalue weighted by Crippen LogP contribution is 2.75. The lowest BCUT2D eigenvalue weighted by Crippen LogP contribution is -2.70. The average Bonchev–Trinajstić information content (AvgIpc) is 2.52. The van der Waals surface area contributed by atoms with E-state index in [1.807, 2.05) is 0 Å². The number of nitrogens with one attached hydrogen (secondary N) is 2. The zero-order chi connectivity index (χ0) is 16.2. The molecule has 0 aromatic heterocycles. The van der Waals surface area contributed by atoms with Crippen LogP contribution in [0.25, 0.3) is 0 Å². The summed E-state index contributed by atoms with van der Waals surface area (Å²) in [5.74, 6) is 4.16. The molecule has 8 fully saturated rings. The smallest absolute Gasteiger partial charge is 0.0189 e. The summed E-state index contributed by atoms with van der Waals surface area (Å²) in [6, 6.07) is 0. The van der Waals surface area contributed by atoms with E-state index in [0.717, 1.165) is 23.7 Å². The van der Waals surface area contributed by atoms with Gasteiger partial charge in [0.15, 0.2) is 0 Å². The fraction of sp³-hybridized carbons (Fsp3) is 1.00. The van der Waals surface area contributed by atoms with E-state index in [9.17, 15) is 0 Å². The van der Waals surface area contributed by atoms with Gasteiger partial charge in [0.25, 0.3) is 0 Å². The molecule has 2 nitrogen and oxygen atoms in total. The Morgan fingerprint density at radius 3 is 1.17 bits per heavy atom. The molecular formula is C22H36N2. The monoisotopic (exact) mass is 328 g/mol. The average molecular weight is 329 g/mol. The summed E-state index contributed by atoms with van der Waals surface area (Å²) in [6.07, 6.45) is 18.5. The van der Waals surface area contributed by atoms with Crippen LogP contribution in [0.15, 0.2) is 0 Å². The van der Waals surface area contributed by atoms with Gasteiger partial charge in [-0.3, -0.25) is 0 Å². The standard InChI is InChI=1S/C22H36N2/c1-23-21-9-15-3-16(10-21)6-19(5-15,13-21)20-7-17-4-18(8-20)12-22(11-17,14-20)24-2/h15-18,23-24H,3-14H2,1-2H3/t15-,16+,17-,18+,19?,20?,21?,22?. The molecule has 4 unspecified atom stereocenters. The third-order valence-electron chi connectivity index (χ3n) is 10.3. The lowest BCUT2D eigenvalue weighted by Gasteiger charge is -2.74. The topological polar surface area (TPSA) is 24.1 Å². The van der Waals surface area contributed by atoms with Crippen LogP contribution in [0.4, 0.5) is 0 Å². The molecule has 0 amide bonds. The van der Waals surface area contributed by atoms with Gasteiger partial charge in [-0.2, -0.15) is 0 Å². The van der Waals surface area contributed by atoms with Crippen molar-refractivity contribution in [1.29, 1.82) is 0 Å². The first kappa shape index (κ1) is 15.0. The normalized spacial score (nSPS) is 63.2. The van der Waals surface area contributed by atoms with Gasteiger partial charge >= 0.3 is 0 Å². The molecule has 0 heterocycles. The van der Waals surface area contributed by atoms with E-state index in [4.69, 9.17) is 0 Å². The molecule has 8 rings (SSSR count). The van der Waals surface area contributed by atoms with Gasteiger partial charge in [-0.05, 0) is 126 Å². The van der Waals surface area contributed by atoms with E-state index in [0.29, 0.717) is 21.9 Å². The molecule has 0 aromatic rings. The molecule has 0 aromatic carbocycles. The molecule has 134 valence electrons. The molecule has 8 bridgehead atoms. The van der Waals surface area contributed by atoms with Crippen LogP contribution in [0.1, 0.15) is 77.0 Å². The van der Waals surface area contributed by atoms with Crippen LogP contribution in [-0.2, 0) is 0 Å². The SMILES string of the molecule is CNC12C[C@H]3C[C@@H](C1)CC(C14C[C@@H]5C[C@@H](CC(NC)(C5)C1)C4)(C3)C2. The van der Waals surface area contributed by atoms with Crippen molar-refractivity contribution in [2.45, 2.75) is 88.1 Å². The molecule has 2 N–H and O–H groups in total. The van der Waals surface area contributed by atoms with Crippen molar-refractivity contribution in [3.8, 4) is 0 Å². The Hall–Kier alpha value is -0.0800. The maximum absolute atomic E-state index is 3.87. The number of hydrogen-bond donors (Lipinski definition) is 2. The van der Waals surface area contributed by atoms with Crippen molar-refractivity contribution in [2.24, 2.45) is 34.5 Å². The summed E-state index contributed by atoms with van der Waals surface area (Å²) in [4.78, 5) is 0. The van der Waals surface area contributed by atoms with E-state index in [1.165, 1.54) is 38.5 Å². The van der Waals surface area contributed by atoms with E-state index in [-0.39, 0.29) is 0 Å². The van der Waals surface area contributed by atoms with E-state index in [2.05, 4.69) is 24.7 Å². The third-order valence-corrected chi connectivity index (χ3v) is 10.3. The molecular weight excluding hydrogens is 292 g/mol. The quantitative estimate of drug-likeness (QED) is 0.815. The summed E-state index contributed by atoms with van der Waals surface area (Å²) in [7, 11) is 4.55. The van der Waals surface area contributed by atoms with E-state index in [1.54, 1.807) is 38.5 Å². The summed E-state index contributed by atoms with van der Waals surface area (Å²) in [5.41, 5.74) is 2.42. The molecule has 0 aliphatic heterocycles. The van der Waals surface area contributed by atoms with Crippen molar-refractivity contribution < 1.29 is 0 Å². The fourth-order valence-corrected chi connectivity index (χ4v) is 10.4. The lowest BCUT2D eigenvalue weighted by atomic mass is 9.33. The summed E-state index contributed by atoms with van der Waals surface area (Å²) in [6.45, 7) is 0. The van der Waals surface area contributed by atoms with Gasteiger partial charge < -0.3 is 10.6 Å². The molecule has 0 saturated heterocycles. The van der Waals surface area contributed by atoms with Crippen LogP contribution in [0.2, 0.25) is 0 Å². The van der Waals surface area contributed by atoms with Gasteiger partial charge in [0.05, 0.1) is 0 Å². The van der Waals surface area contributed by atoms with Crippen LogP contribution in [-0.4, -0.2) is 25.2 Å². The maximum atomic E-state index is 3.87. The maximum Gasteiger partial charge on any atom is 0.0189 e. The molecule has 8 saturated carbocycles. The highest BCUT2D eigenvalue weighted by molar-refractivity contribution is 5.22. The van der Waals surface area contributed by atoms with Crippen molar-refractivity contribution in [2.75, 3.05) is 14.1 Å². The summed E-state index contributed by atoms with van der Waals surface area (Å²) >= 11 is 0. The minimum atomic E-state index is 0.514. The van der Waals surface area contributed by atoms with Crippen LogP contribution in [0.3, 0.4) is 0 Å². The van der Waals surface area contributed by atoms with Crippen LogP contribution < -0.4 is 10.6 Å². The van der Waals surface area contributed by atoms with Crippen LogP contribution in [0.5, 0.6) is 0 Å². The Morgan fingerprint density at radius 2 is 0.875 bits per heavy atom. The molecule has 2 heteroatoms. The second-order valence-electron chi connectivity index (χ2n) is 11.5. The second kappa shape index (κ2) is 4.42. The number of rotatable bonds is 3. The van der Waals surface area contributed by atoms with Crippen molar-refractivity contribution in [1.82, 2.24) is 10.6 Å². The molecule has 0 radical (unpaired) electrons. The zero-order valence-electron chi connectivity index (χ0n) is 15.8. The predicted molar refractivity (Wildman–Crippen MR) is 97.8 cm³/mol. The van der Waals surface area contributed by atoms with Gasteiger partial charge in [-0.15, -0.1) is 0 Å². The highest BCUT2D eigenvalue weighted by atomic mass is 15.0. The first-order valence-electron chi connectivity index (χ1n) is 10.9. The second-order valence-corrected chi connectivity index (χ2v) is 11.5. The molecule has 24 heavy (non-hydrogen) atoms. The third kappa shape index (κ3) is 1.71. The van der Waals surface area contributed by atoms with E-state index < -0.39 is 0 Å². The molecule has 8 aliphatic rings. The Balaban J connectivity index is 1.44. The Morgan fingerprint density at radius 1 is 0.542 bits per heavy atom. The minimum Gasteiger partial charge on any atom is -0.314 e. The Kier molecular flexibility index (Phi) is 2.77. The van der Waals surface area contributed by atoms with Crippen LogP contribution in [0, 0.1) is 34.5 Å². The Bertz CT molecular complexity index is 488. The van der Waals surface area contributed by atoms with Crippen LogP contribution >= 0.6 is 0 Å². The lowest BCUT2D eigenvalue weighted by molar-refractivity contribution is -0.215. The first-order valence-corrected chi connectivity index (χ1v) is 10.9. The minimum absolute atomic E-state index is 0.514. The highest BCUT2D eigenvalue weighted by Gasteiger charge is 2.69. The largest absolute Gasteiger partial charge is 0.314 e. The Labute approximate surface area is 147 Å². The molecule has 8 atom stereocenters. The van der Waals surface area contributed by atoms with Gasteiger partial charge in [-0.25, -0.2) is 0 Å². The first-order chi connectivity index (χ1) is 11.5. The van der Waals surface area contributed by atoms with Gasteiger partial charge in [0.2, 0.25) is 0 Å². The van der Waals surface area contributed by atoms with Gasteiger partial charge in [-0.1, -0.05) is 0 Å². The van der Waals surface area contributed by atoms with Gasteiger partial charge in [0, 0.05) is 11.1 Å². The summed E-state index contributed by atoms with van der Waals surface area (Å²) in [5, 5.41) is 7.75. The van der Waals surface area contributed by atoms with Crippen molar-refractivity contribution in [3.05, 3.63) is 0 Å².